The molecule has 6 nitrogen and oxygen atoms in total. The number of nitrogens with one attached hydrogen (secondary N) is 1. The number of benzene rings is 2. The summed E-state index contributed by atoms with van der Waals surface area (Å²) in [6.45, 7) is 2.36. The van der Waals surface area contributed by atoms with Gasteiger partial charge in [0, 0.05) is 17.8 Å². The first-order valence-corrected chi connectivity index (χ1v) is 10.8. The summed E-state index contributed by atoms with van der Waals surface area (Å²) in [6.07, 6.45) is 2.37. The minimum Gasteiger partial charge on any atom is -0.354 e. The van der Waals surface area contributed by atoms with Crippen molar-refractivity contribution in [3.8, 4) is 0 Å². The minimum absolute atomic E-state index is 0.0947. The van der Waals surface area contributed by atoms with Crippen LogP contribution in [-0.4, -0.2) is 35.6 Å². The third-order valence-corrected chi connectivity index (χ3v) is 5.48. The maximum atomic E-state index is 13.1. The summed E-state index contributed by atoms with van der Waals surface area (Å²) in [5.41, 5.74) is 4.32. The summed E-state index contributed by atoms with van der Waals surface area (Å²) in [5.74, 6) is -0.0650. The maximum Gasteiger partial charge on any atom is 0.240 e. The molecule has 0 spiro atoms. The van der Waals surface area contributed by atoms with Crippen molar-refractivity contribution in [3.63, 3.8) is 0 Å². The van der Waals surface area contributed by atoms with Crippen LogP contribution in [0.1, 0.15) is 23.1 Å². The Labute approximate surface area is 192 Å². The van der Waals surface area contributed by atoms with Gasteiger partial charge in [-0.3, -0.25) is 14.5 Å². The van der Waals surface area contributed by atoms with Crippen molar-refractivity contribution in [1.82, 2.24) is 10.3 Å². The van der Waals surface area contributed by atoms with Crippen LogP contribution in [0.4, 0.5) is 11.5 Å². The lowest BCUT2D eigenvalue weighted by Crippen LogP contribution is -2.42. The molecule has 32 heavy (non-hydrogen) atoms. The molecule has 0 saturated carbocycles. The Morgan fingerprint density at radius 3 is 2.59 bits per heavy atom. The molecule has 7 heteroatoms. The summed E-state index contributed by atoms with van der Waals surface area (Å²) in [7, 11) is 0. The van der Waals surface area contributed by atoms with Gasteiger partial charge in [-0.25, -0.2) is 9.98 Å². The topological polar surface area (TPSA) is 74.7 Å². The highest BCUT2D eigenvalue weighted by atomic mass is 35.5. The van der Waals surface area contributed by atoms with E-state index >= 15 is 0 Å². The van der Waals surface area contributed by atoms with Gasteiger partial charge in [-0.15, -0.1) is 0 Å². The summed E-state index contributed by atoms with van der Waals surface area (Å²) >= 11 is 5.91. The van der Waals surface area contributed by atoms with Crippen LogP contribution in [-0.2, 0) is 16.0 Å². The van der Waals surface area contributed by atoms with Crippen molar-refractivity contribution in [2.24, 2.45) is 4.99 Å². The molecule has 1 N–H and O–H groups in total. The van der Waals surface area contributed by atoms with Gasteiger partial charge < -0.3 is 5.32 Å². The lowest BCUT2D eigenvalue weighted by molar-refractivity contribution is -0.123. The monoisotopic (exact) mass is 446 g/mol. The van der Waals surface area contributed by atoms with Crippen LogP contribution in [0.2, 0.25) is 5.02 Å². The molecule has 1 aliphatic rings. The summed E-state index contributed by atoms with van der Waals surface area (Å²) in [5, 5.41) is 3.56. The molecule has 0 fully saturated rings. The highest BCUT2D eigenvalue weighted by molar-refractivity contribution is 6.30. The van der Waals surface area contributed by atoms with Crippen LogP contribution < -0.4 is 10.2 Å². The molecule has 0 aliphatic carbocycles. The molecule has 2 heterocycles. The largest absolute Gasteiger partial charge is 0.354 e. The number of hydrogen-bond donors (Lipinski definition) is 1. The second-order valence-electron chi connectivity index (χ2n) is 7.65. The molecule has 1 aromatic heterocycles. The van der Waals surface area contributed by atoms with Crippen LogP contribution in [0.3, 0.4) is 0 Å². The fraction of sp³-hybridized carbons (Fsp3) is 0.200. The van der Waals surface area contributed by atoms with E-state index in [2.05, 4.69) is 10.3 Å². The molecule has 3 aromatic rings. The lowest BCUT2D eigenvalue weighted by atomic mass is 10.1. The molecule has 2 amide bonds. The predicted octanol–water partition coefficient (Wildman–Crippen LogP) is 4.26. The normalized spacial score (nSPS) is 13.2. The van der Waals surface area contributed by atoms with Crippen molar-refractivity contribution < 1.29 is 9.59 Å². The van der Waals surface area contributed by atoms with E-state index < -0.39 is 0 Å². The van der Waals surface area contributed by atoms with E-state index in [9.17, 15) is 9.59 Å². The van der Waals surface area contributed by atoms with Gasteiger partial charge in [-0.05, 0) is 48.7 Å². The van der Waals surface area contributed by atoms with Gasteiger partial charge in [0.15, 0.2) is 5.82 Å². The quantitative estimate of drug-likeness (QED) is 0.614. The Morgan fingerprint density at radius 2 is 1.84 bits per heavy atom. The molecular weight excluding hydrogens is 424 g/mol. The van der Waals surface area contributed by atoms with Gasteiger partial charge in [0.1, 0.15) is 12.2 Å². The molecule has 4 rings (SSSR count). The number of halogens is 1. The van der Waals surface area contributed by atoms with Gasteiger partial charge in [0.05, 0.1) is 12.1 Å². The zero-order chi connectivity index (χ0) is 22.5. The fourth-order valence-corrected chi connectivity index (χ4v) is 3.62. The van der Waals surface area contributed by atoms with E-state index in [1.807, 2.05) is 55.5 Å². The van der Waals surface area contributed by atoms with E-state index in [0.29, 0.717) is 35.2 Å². The Kier molecular flexibility index (Phi) is 6.61. The number of carbonyl (C=O) groups is 2. The number of rotatable bonds is 6. The van der Waals surface area contributed by atoms with Gasteiger partial charge >= 0.3 is 0 Å². The predicted molar refractivity (Wildman–Crippen MR) is 127 cm³/mol. The molecule has 0 saturated heterocycles. The number of aryl methyl sites for hydroxylation is 1. The van der Waals surface area contributed by atoms with E-state index in [1.165, 1.54) is 4.90 Å². The average Bonchev–Trinajstić information content (AvgIpc) is 2.92. The Balaban J connectivity index is 1.46. The molecule has 1 aliphatic heterocycles. The number of fused-ring (bicyclic) bond motifs is 1. The highest BCUT2D eigenvalue weighted by Crippen LogP contribution is 2.30. The van der Waals surface area contributed by atoms with Crippen molar-refractivity contribution in [2.45, 2.75) is 19.8 Å². The first-order chi connectivity index (χ1) is 15.5. The Hall–Kier alpha value is -3.51. The second-order valence-corrected chi connectivity index (χ2v) is 8.09. The van der Waals surface area contributed by atoms with E-state index in [-0.39, 0.29) is 24.8 Å². The number of nitrogens with zero attached hydrogens (tertiary/aromatic N) is 3. The van der Waals surface area contributed by atoms with E-state index in [4.69, 9.17) is 16.6 Å². The summed E-state index contributed by atoms with van der Waals surface area (Å²) in [6, 6.07) is 19.0. The number of aromatic nitrogens is 1. The molecule has 0 atom stereocenters. The van der Waals surface area contributed by atoms with Crippen molar-refractivity contribution >= 4 is 40.6 Å². The van der Waals surface area contributed by atoms with Gasteiger partial charge in [-0.1, -0.05) is 53.6 Å². The third kappa shape index (κ3) is 5.21. The molecule has 0 bridgehead atoms. The Bertz CT molecular complexity index is 1160. The van der Waals surface area contributed by atoms with Crippen molar-refractivity contribution in [1.29, 1.82) is 0 Å². The molecule has 2 aromatic carbocycles. The zero-order valence-electron chi connectivity index (χ0n) is 17.7. The maximum absolute atomic E-state index is 13.1. The molecule has 0 unspecified atom stereocenters. The summed E-state index contributed by atoms with van der Waals surface area (Å²) < 4.78 is 0. The van der Waals surface area contributed by atoms with E-state index in [1.54, 1.807) is 18.3 Å². The number of anilines is 1. The first kappa shape index (κ1) is 21.7. The molecular formula is C25H23ClN4O2. The standard InChI is InChI=1S/C25H23ClN4O2/c1-17-4-8-19(9-5-17)22-15-24(32)30(25-21(29-22)3-2-13-28-25)16-23(31)27-14-12-18-6-10-20(26)11-7-18/h2-11,13H,12,14-16H2,1H3,(H,27,31). The van der Waals surface area contributed by atoms with Crippen LogP contribution in [0.25, 0.3) is 0 Å². The lowest BCUT2D eigenvalue weighted by Gasteiger charge is -2.20. The Morgan fingerprint density at radius 1 is 1.09 bits per heavy atom. The minimum atomic E-state index is -0.247. The highest BCUT2D eigenvalue weighted by Gasteiger charge is 2.27. The van der Waals surface area contributed by atoms with Gasteiger partial charge in [-0.2, -0.15) is 0 Å². The number of hydrogen-bond acceptors (Lipinski definition) is 4. The third-order valence-electron chi connectivity index (χ3n) is 5.23. The van der Waals surface area contributed by atoms with Crippen LogP contribution in [0.5, 0.6) is 0 Å². The average molecular weight is 447 g/mol. The van der Waals surface area contributed by atoms with Crippen LogP contribution >= 0.6 is 11.6 Å². The zero-order valence-corrected chi connectivity index (χ0v) is 18.5. The smallest absolute Gasteiger partial charge is 0.240 e. The van der Waals surface area contributed by atoms with Crippen LogP contribution in [0.15, 0.2) is 71.9 Å². The van der Waals surface area contributed by atoms with Gasteiger partial charge in [0.25, 0.3) is 0 Å². The number of carbonyl (C=O) groups excluding carboxylic acids is 2. The molecule has 162 valence electrons. The number of amides is 2. The van der Waals surface area contributed by atoms with Crippen molar-refractivity contribution in [3.05, 3.63) is 88.6 Å². The first-order valence-electron chi connectivity index (χ1n) is 10.4. The fourth-order valence-electron chi connectivity index (χ4n) is 3.50. The van der Waals surface area contributed by atoms with Gasteiger partial charge in [0.2, 0.25) is 11.8 Å². The van der Waals surface area contributed by atoms with E-state index in [0.717, 1.165) is 16.7 Å². The SMILES string of the molecule is Cc1ccc(C2=Nc3cccnc3N(CC(=O)NCCc3ccc(Cl)cc3)C(=O)C2)cc1. The summed E-state index contributed by atoms with van der Waals surface area (Å²) in [4.78, 5) is 36.2. The molecule has 0 radical (unpaired) electrons. The second kappa shape index (κ2) is 9.75. The van der Waals surface area contributed by atoms with Crippen molar-refractivity contribution in [2.75, 3.05) is 18.0 Å². The number of aliphatic imine (C=N–C) groups is 1. The van der Waals surface area contributed by atoms with Crippen LogP contribution in [0, 0.1) is 6.92 Å². The number of pyridine rings is 1.